The van der Waals surface area contributed by atoms with E-state index in [0.29, 0.717) is 12.0 Å². The average Bonchev–Trinajstić information content (AvgIpc) is 2.58. The Hall–Kier alpha value is -1.39. The second-order valence-corrected chi connectivity index (χ2v) is 6.71. The van der Waals surface area contributed by atoms with Crippen molar-refractivity contribution in [2.45, 2.75) is 38.6 Å². The summed E-state index contributed by atoms with van der Waals surface area (Å²) >= 11 is 0. The Labute approximate surface area is 140 Å². The van der Waals surface area contributed by atoms with Gasteiger partial charge in [-0.2, -0.15) is 0 Å². The van der Waals surface area contributed by atoms with Gasteiger partial charge in [-0.1, -0.05) is 25.1 Å². The molecule has 1 saturated heterocycles. The van der Waals surface area contributed by atoms with Gasteiger partial charge in [0.2, 0.25) is 0 Å². The molecule has 1 fully saturated rings. The Morgan fingerprint density at radius 1 is 1.35 bits per heavy atom. The highest BCUT2D eigenvalue weighted by atomic mass is 16.2. The first kappa shape index (κ1) is 18.0. The number of hydrogen-bond acceptors (Lipinski definition) is 3. The number of hydrogen-bond donors (Lipinski definition) is 1. The summed E-state index contributed by atoms with van der Waals surface area (Å²) in [5, 5.41) is 9.15. The molecule has 0 radical (unpaired) electrons. The van der Waals surface area contributed by atoms with Gasteiger partial charge in [0.25, 0.3) is 5.91 Å². The molecule has 1 aromatic carbocycles. The van der Waals surface area contributed by atoms with Gasteiger partial charge in [-0.3, -0.25) is 4.79 Å². The zero-order valence-corrected chi connectivity index (χ0v) is 14.7. The summed E-state index contributed by atoms with van der Waals surface area (Å²) in [7, 11) is 4.22. The number of rotatable bonds is 6. The molecular formula is C19H30N2O2. The van der Waals surface area contributed by atoms with E-state index in [0.717, 1.165) is 49.9 Å². The van der Waals surface area contributed by atoms with Gasteiger partial charge in [0.15, 0.2) is 0 Å². The fourth-order valence-electron chi connectivity index (χ4n) is 3.73. The van der Waals surface area contributed by atoms with Crippen LogP contribution in [-0.2, 0) is 6.42 Å². The lowest BCUT2D eigenvalue weighted by atomic mass is 9.87. The minimum Gasteiger partial charge on any atom is -0.396 e. The Morgan fingerprint density at radius 3 is 2.74 bits per heavy atom. The number of aliphatic hydroxyl groups excluding tert-OH is 1. The Bertz CT molecular complexity index is 516. The van der Waals surface area contributed by atoms with Crippen molar-refractivity contribution in [2.75, 3.05) is 33.8 Å². The van der Waals surface area contributed by atoms with Crippen LogP contribution in [0.4, 0.5) is 0 Å². The number of aliphatic hydroxyl groups is 1. The number of nitrogens with zero attached hydrogens (tertiary/aromatic N) is 2. The maximum atomic E-state index is 12.9. The van der Waals surface area contributed by atoms with Crippen LogP contribution in [-0.4, -0.2) is 60.6 Å². The number of carbonyl (C=O) groups is 1. The summed E-state index contributed by atoms with van der Waals surface area (Å²) < 4.78 is 0. The molecule has 4 nitrogen and oxygen atoms in total. The summed E-state index contributed by atoms with van der Waals surface area (Å²) in [6.07, 6.45) is 3.66. The molecule has 1 aliphatic rings. The predicted molar refractivity (Wildman–Crippen MR) is 93.6 cm³/mol. The van der Waals surface area contributed by atoms with Crippen molar-refractivity contribution in [3.8, 4) is 0 Å². The summed E-state index contributed by atoms with van der Waals surface area (Å²) in [6, 6.07) is 8.43. The van der Waals surface area contributed by atoms with Crippen molar-refractivity contribution >= 4 is 5.91 Å². The first-order chi connectivity index (χ1) is 11.1. The minimum atomic E-state index is 0.161. The van der Waals surface area contributed by atoms with Gasteiger partial charge < -0.3 is 14.9 Å². The molecule has 1 aliphatic heterocycles. The van der Waals surface area contributed by atoms with Crippen molar-refractivity contribution in [1.82, 2.24) is 9.80 Å². The van der Waals surface area contributed by atoms with Crippen LogP contribution in [0.5, 0.6) is 0 Å². The maximum absolute atomic E-state index is 12.9. The van der Waals surface area contributed by atoms with E-state index in [1.807, 2.05) is 29.2 Å². The minimum absolute atomic E-state index is 0.161. The topological polar surface area (TPSA) is 43.8 Å². The van der Waals surface area contributed by atoms with Crippen LogP contribution in [0.2, 0.25) is 0 Å². The third-order valence-electron chi connectivity index (χ3n) is 5.01. The van der Waals surface area contributed by atoms with E-state index in [2.05, 4.69) is 25.9 Å². The summed E-state index contributed by atoms with van der Waals surface area (Å²) in [6.45, 7) is 3.92. The molecule has 1 aromatic rings. The smallest absolute Gasteiger partial charge is 0.254 e. The van der Waals surface area contributed by atoms with Crippen LogP contribution >= 0.6 is 0 Å². The second kappa shape index (κ2) is 8.46. The normalized spacial score (nSPS) is 21.7. The Balaban J connectivity index is 2.12. The van der Waals surface area contributed by atoms with Crippen molar-refractivity contribution in [3.63, 3.8) is 0 Å². The van der Waals surface area contributed by atoms with Crippen molar-refractivity contribution in [2.24, 2.45) is 5.92 Å². The largest absolute Gasteiger partial charge is 0.396 e. The molecule has 4 heteroatoms. The van der Waals surface area contributed by atoms with Crippen molar-refractivity contribution < 1.29 is 9.90 Å². The number of benzene rings is 1. The monoisotopic (exact) mass is 318 g/mol. The number of amides is 1. The first-order valence-corrected chi connectivity index (χ1v) is 8.73. The Morgan fingerprint density at radius 2 is 2.09 bits per heavy atom. The molecule has 0 unspecified atom stereocenters. The van der Waals surface area contributed by atoms with Crippen LogP contribution in [0.25, 0.3) is 0 Å². The standard InChI is InChI=1S/C19H30N2O2/c1-4-15-8-5-6-10-17(15)19(23)21-12-11-18(20(2)3)16(14-21)9-7-13-22/h5-6,8,10,16,18,22H,4,7,9,11-14H2,1-3H3/t16-,18+/m0/s1. The van der Waals surface area contributed by atoms with Gasteiger partial charge in [0, 0.05) is 31.3 Å². The van der Waals surface area contributed by atoms with E-state index in [-0.39, 0.29) is 12.5 Å². The van der Waals surface area contributed by atoms with E-state index < -0.39 is 0 Å². The zero-order valence-electron chi connectivity index (χ0n) is 14.7. The van der Waals surface area contributed by atoms with Gasteiger partial charge in [0.1, 0.15) is 0 Å². The lowest BCUT2D eigenvalue weighted by molar-refractivity contribution is 0.0495. The Kier molecular flexibility index (Phi) is 6.60. The highest BCUT2D eigenvalue weighted by Gasteiger charge is 2.32. The first-order valence-electron chi connectivity index (χ1n) is 8.73. The zero-order chi connectivity index (χ0) is 16.8. The summed E-state index contributed by atoms with van der Waals surface area (Å²) in [5.74, 6) is 0.595. The third kappa shape index (κ3) is 4.33. The molecular weight excluding hydrogens is 288 g/mol. The lowest BCUT2D eigenvalue weighted by Crippen LogP contribution is -2.50. The number of carbonyl (C=O) groups excluding carboxylic acids is 1. The fraction of sp³-hybridized carbons (Fsp3) is 0.632. The molecule has 0 spiro atoms. The van der Waals surface area contributed by atoms with Crippen molar-refractivity contribution in [3.05, 3.63) is 35.4 Å². The number of aryl methyl sites for hydroxylation is 1. The summed E-state index contributed by atoms with van der Waals surface area (Å²) in [4.78, 5) is 17.2. The van der Waals surface area contributed by atoms with Crippen LogP contribution in [0.3, 0.4) is 0 Å². The van der Waals surface area contributed by atoms with Gasteiger partial charge in [-0.05, 0) is 57.3 Å². The highest BCUT2D eigenvalue weighted by molar-refractivity contribution is 5.95. The van der Waals surface area contributed by atoms with Crippen LogP contribution in [0.1, 0.15) is 42.1 Å². The third-order valence-corrected chi connectivity index (χ3v) is 5.01. The molecule has 0 bridgehead atoms. The molecule has 128 valence electrons. The highest BCUT2D eigenvalue weighted by Crippen LogP contribution is 2.26. The molecule has 1 amide bonds. The second-order valence-electron chi connectivity index (χ2n) is 6.71. The fourth-order valence-corrected chi connectivity index (χ4v) is 3.73. The van der Waals surface area contributed by atoms with E-state index >= 15 is 0 Å². The average molecular weight is 318 g/mol. The van der Waals surface area contributed by atoms with Crippen LogP contribution < -0.4 is 0 Å². The number of piperidine rings is 1. The van der Waals surface area contributed by atoms with Crippen LogP contribution in [0, 0.1) is 5.92 Å². The van der Waals surface area contributed by atoms with Crippen molar-refractivity contribution in [1.29, 1.82) is 0 Å². The van der Waals surface area contributed by atoms with Gasteiger partial charge >= 0.3 is 0 Å². The van der Waals surface area contributed by atoms with Gasteiger partial charge in [-0.15, -0.1) is 0 Å². The summed E-state index contributed by atoms with van der Waals surface area (Å²) in [5.41, 5.74) is 1.97. The predicted octanol–water partition coefficient (Wildman–Crippen LogP) is 2.41. The molecule has 2 atom stereocenters. The lowest BCUT2D eigenvalue weighted by Gasteiger charge is -2.42. The molecule has 1 heterocycles. The van der Waals surface area contributed by atoms with Gasteiger partial charge in [-0.25, -0.2) is 0 Å². The number of likely N-dealkylation sites (tertiary alicyclic amines) is 1. The molecule has 0 aromatic heterocycles. The maximum Gasteiger partial charge on any atom is 0.254 e. The molecule has 0 aliphatic carbocycles. The molecule has 1 N–H and O–H groups in total. The van der Waals surface area contributed by atoms with Crippen LogP contribution in [0.15, 0.2) is 24.3 Å². The SMILES string of the molecule is CCc1ccccc1C(=O)N1CC[C@@H](N(C)C)[C@@H](CCCO)C1. The van der Waals surface area contributed by atoms with Gasteiger partial charge in [0.05, 0.1) is 0 Å². The molecule has 0 saturated carbocycles. The van der Waals surface area contributed by atoms with E-state index in [1.165, 1.54) is 0 Å². The quantitative estimate of drug-likeness (QED) is 0.876. The molecule has 23 heavy (non-hydrogen) atoms. The molecule has 2 rings (SSSR count). The van der Waals surface area contributed by atoms with E-state index in [9.17, 15) is 4.79 Å². The van der Waals surface area contributed by atoms with E-state index in [1.54, 1.807) is 0 Å². The van der Waals surface area contributed by atoms with E-state index in [4.69, 9.17) is 5.11 Å².